The normalized spacial score (nSPS) is 16.0. The largest absolute Gasteiger partial charge is 0.633 e. The topological polar surface area (TPSA) is 82.8 Å². The van der Waals surface area contributed by atoms with E-state index < -0.39 is 11.6 Å². The number of aryl methyl sites for hydroxylation is 1. The van der Waals surface area contributed by atoms with Crippen LogP contribution < -0.4 is 0 Å². The highest BCUT2D eigenvalue weighted by molar-refractivity contribution is 5.82. The van der Waals surface area contributed by atoms with Crippen molar-refractivity contribution >= 4 is 11.0 Å². The average molecular weight is 522 g/mol. The van der Waals surface area contributed by atoms with Gasteiger partial charge in [-0.15, -0.1) is 0 Å². The Hall–Kier alpha value is -3.34. The van der Waals surface area contributed by atoms with Crippen LogP contribution in [0.4, 0.5) is 8.78 Å². The zero-order valence-corrected chi connectivity index (χ0v) is 22.3. The molecule has 1 aliphatic heterocycles. The number of hydrogen-bond donors (Lipinski definition) is 0. The van der Waals surface area contributed by atoms with Crippen LogP contribution in [0.1, 0.15) is 49.7 Å². The van der Waals surface area contributed by atoms with E-state index in [-0.39, 0.29) is 21.9 Å². The van der Waals surface area contributed by atoms with Gasteiger partial charge < -0.3 is 14.4 Å². The summed E-state index contributed by atoms with van der Waals surface area (Å²) >= 11 is 0. The molecule has 0 amide bonds. The van der Waals surface area contributed by atoms with Gasteiger partial charge in [-0.25, -0.2) is 23.7 Å². The van der Waals surface area contributed by atoms with Crippen LogP contribution >= 0.6 is 0 Å². The predicted octanol–water partition coefficient (Wildman–Crippen LogP) is 4.80. The van der Waals surface area contributed by atoms with Gasteiger partial charge in [0.2, 0.25) is 0 Å². The van der Waals surface area contributed by atoms with E-state index in [1.54, 1.807) is 6.07 Å². The van der Waals surface area contributed by atoms with Crippen LogP contribution in [0.3, 0.4) is 0 Å². The fourth-order valence-electron chi connectivity index (χ4n) is 5.17. The summed E-state index contributed by atoms with van der Waals surface area (Å²) in [7, 11) is 0. The van der Waals surface area contributed by atoms with E-state index in [0.717, 1.165) is 37.1 Å². The molecule has 0 saturated carbocycles. The molecule has 0 unspecified atom stereocenters. The van der Waals surface area contributed by atoms with Gasteiger partial charge in [0.05, 0.1) is 37.8 Å². The van der Waals surface area contributed by atoms with Gasteiger partial charge in [0.15, 0.2) is 11.6 Å². The standard InChI is InChI=1S/C28H33F2N7O/c1-5-37(38)10-8-35(9-11-37)17-20-6-7-22(31-15-20)14-26-32-16-24(30)27(34-26)21-12-23(29)28-25(13-21)36(18(2)3)19(4)33-28/h6-7,12-13,15-16,18H,5,8-11,14,17H2,1-4H3. The molecule has 3 aromatic heterocycles. The van der Waals surface area contributed by atoms with E-state index in [0.29, 0.717) is 48.8 Å². The Bertz CT molecular complexity index is 1440. The minimum Gasteiger partial charge on any atom is -0.633 e. The third kappa shape index (κ3) is 5.29. The minimum atomic E-state index is -0.617. The zero-order chi connectivity index (χ0) is 27.0. The Labute approximate surface area is 221 Å². The van der Waals surface area contributed by atoms with Crippen molar-refractivity contribution in [1.82, 2.24) is 29.4 Å². The molecule has 10 heteroatoms. The summed E-state index contributed by atoms with van der Waals surface area (Å²) < 4.78 is 31.6. The van der Waals surface area contributed by atoms with Crippen molar-refractivity contribution in [2.75, 3.05) is 32.7 Å². The summed E-state index contributed by atoms with van der Waals surface area (Å²) in [5, 5.41) is 12.4. The second-order valence-electron chi connectivity index (χ2n) is 10.4. The first-order chi connectivity index (χ1) is 18.2. The first-order valence-corrected chi connectivity index (χ1v) is 13.1. The fourth-order valence-corrected chi connectivity index (χ4v) is 5.17. The monoisotopic (exact) mass is 521 g/mol. The maximum absolute atomic E-state index is 15.0. The molecule has 0 spiro atoms. The quantitative estimate of drug-likeness (QED) is 0.257. The second-order valence-corrected chi connectivity index (χ2v) is 10.4. The molecule has 200 valence electrons. The van der Waals surface area contributed by atoms with Crippen LogP contribution in [-0.2, 0) is 13.0 Å². The third-order valence-corrected chi connectivity index (χ3v) is 7.36. The predicted molar refractivity (Wildman–Crippen MR) is 142 cm³/mol. The summed E-state index contributed by atoms with van der Waals surface area (Å²) in [6, 6.07) is 7.01. The van der Waals surface area contributed by atoms with Crippen LogP contribution in [0.25, 0.3) is 22.3 Å². The van der Waals surface area contributed by atoms with Gasteiger partial charge in [-0.05, 0) is 51.5 Å². The van der Waals surface area contributed by atoms with Crippen LogP contribution in [0, 0.1) is 23.8 Å². The molecule has 0 atom stereocenters. The number of hydroxylamine groups is 3. The molecule has 4 aromatic rings. The van der Waals surface area contributed by atoms with Crippen molar-refractivity contribution in [3.8, 4) is 11.3 Å². The van der Waals surface area contributed by atoms with Crippen LogP contribution in [0.5, 0.6) is 0 Å². The molecule has 4 heterocycles. The molecule has 1 aromatic carbocycles. The van der Waals surface area contributed by atoms with Crippen molar-refractivity contribution in [1.29, 1.82) is 0 Å². The molecule has 0 N–H and O–H groups in total. The number of imidazole rings is 1. The van der Waals surface area contributed by atoms with E-state index in [9.17, 15) is 14.0 Å². The molecule has 0 aliphatic carbocycles. The van der Waals surface area contributed by atoms with Crippen LogP contribution in [0.2, 0.25) is 0 Å². The van der Waals surface area contributed by atoms with E-state index in [1.165, 1.54) is 6.07 Å². The summed E-state index contributed by atoms with van der Waals surface area (Å²) in [5.41, 5.74) is 3.07. The number of piperazine rings is 1. The number of benzene rings is 1. The van der Waals surface area contributed by atoms with Crippen LogP contribution in [0.15, 0.2) is 36.7 Å². The van der Waals surface area contributed by atoms with Crippen LogP contribution in [-0.4, -0.2) is 66.8 Å². The summed E-state index contributed by atoms with van der Waals surface area (Å²) in [6.07, 6.45) is 3.27. The van der Waals surface area contributed by atoms with E-state index in [4.69, 9.17) is 0 Å². The average Bonchev–Trinajstić information content (AvgIpc) is 3.24. The van der Waals surface area contributed by atoms with Gasteiger partial charge in [-0.3, -0.25) is 9.88 Å². The maximum atomic E-state index is 15.0. The van der Waals surface area contributed by atoms with E-state index >= 15 is 0 Å². The lowest BCUT2D eigenvalue weighted by molar-refractivity contribution is -0.883. The number of aromatic nitrogens is 5. The Kier molecular flexibility index (Phi) is 7.21. The van der Waals surface area contributed by atoms with Gasteiger partial charge in [0.25, 0.3) is 0 Å². The van der Waals surface area contributed by atoms with Gasteiger partial charge in [-0.1, -0.05) is 6.07 Å². The molecule has 0 radical (unpaired) electrons. The maximum Gasteiger partial charge on any atom is 0.167 e. The van der Waals surface area contributed by atoms with Gasteiger partial charge in [0.1, 0.15) is 22.9 Å². The second kappa shape index (κ2) is 10.4. The van der Waals surface area contributed by atoms with Crippen molar-refractivity contribution in [2.24, 2.45) is 0 Å². The van der Waals surface area contributed by atoms with Crippen molar-refractivity contribution in [2.45, 2.75) is 46.7 Å². The molecule has 1 fully saturated rings. The van der Waals surface area contributed by atoms with Gasteiger partial charge in [-0.2, -0.15) is 0 Å². The summed E-state index contributed by atoms with van der Waals surface area (Å²) in [4.78, 5) is 19.8. The third-order valence-electron chi connectivity index (χ3n) is 7.36. The molecule has 1 aliphatic rings. The molecular formula is C28H33F2N7O. The zero-order valence-electron chi connectivity index (χ0n) is 22.3. The van der Waals surface area contributed by atoms with E-state index in [1.807, 2.05) is 50.6 Å². The highest BCUT2D eigenvalue weighted by Crippen LogP contribution is 2.30. The smallest absolute Gasteiger partial charge is 0.167 e. The lowest BCUT2D eigenvalue weighted by Crippen LogP contribution is -2.55. The van der Waals surface area contributed by atoms with Crippen molar-refractivity contribution < 1.29 is 13.4 Å². The highest BCUT2D eigenvalue weighted by Gasteiger charge is 2.24. The number of likely N-dealkylation sites (N-methyl/N-ethyl adjacent to an activating group) is 1. The summed E-state index contributed by atoms with van der Waals surface area (Å²) in [5.74, 6) is -0.0345. The Balaban J connectivity index is 1.33. The molecular weight excluding hydrogens is 488 g/mol. The lowest BCUT2D eigenvalue weighted by Gasteiger charge is -2.47. The van der Waals surface area contributed by atoms with E-state index in [2.05, 4.69) is 24.8 Å². The Morgan fingerprint density at radius 3 is 2.45 bits per heavy atom. The number of quaternary nitrogens is 1. The first kappa shape index (κ1) is 26.3. The number of halogens is 2. The minimum absolute atomic E-state index is 0.0478. The number of nitrogens with zero attached hydrogens (tertiary/aromatic N) is 7. The molecule has 8 nitrogen and oxygen atoms in total. The molecule has 38 heavy (non-hydrogen) atoms. The first-order valence-electron chi connectivity index (χ1n) is 13.1. The van der Waals surface area contributed by atoms with Gasteiger partial charge >= 0.3 is 0 Å². The lowest BCUT2D eigenvalue weighted by atomic mass is 10.1. The molecule has 5 rings (SSSR count). The molecule has 1 saturated heterocycles. The SMILES string of the molecule is CC[N+]1([O-])CCN(Cc2ccc(Cc3ncc(F)c(-c4cc(F)c5nc(C)n(C(C)C)c5c4)n3)nc2)CC1. The Morgan fingerprint density at radius 2 is 1.79 bits per heavy atom. The fraction of sp³-hybridized carbons (Fsp3) is 0.429. The number of rotatable bonds is 7. The van der Waals surface area contributed by atoms with Gasteiger partial charge in [0, 0.05) is 43.1 Å². The highest BCUT2D eigenvalue weighted by atomic mass is 19.1. The van der Waals surface area contributed by atoms with Crippen molar-refractivity contribution in [3.63, 3.8) is 0 Å². The number of hydrogen-bond acceptors (Lipinski definition) is 6. The summed E-state index contributed by atoms with van der Waals surface area (Å²) in [6.45, 7) is 11.9. The number of fused-ring (bicyclic) bond motifs is 1. The Morgan fingerprint density at radius 1 is 1.03 bits per heavy atom. The molecule has 0 bridgehead atoms. The number of pyridine rings is 1. The van der Waals surface area contributed by atoms with Crippen molar-refractivity contribution in [3.05, 3.63) is 76.4 Å².